The smallest absolute Gasteiger partial charge is 0.218 e. The molecule has 0 aliphatic carbocycles. The highest BCUT2D eigenvalue weighted by atomic mass is 32.2. The predicted molar refractivity (Wildman–Crippen MR) is 70.3 cm³/mol. The van der Waals surface area contributed by atoms with Crippen molar-refractivity contribution in [3.63, 3.8) is 0 Å². The van der Waals surface area contributed by atoms with E-state index in [0.717, 1.165) is 0 Å². The number of benzene rings is 1. The van der Waals surface area contributed by atoms with Crippen LogP contribution in [0.2, 0.25) is 0 Å². The third-order valence-corrected chi connectivity index (χ3v) is 4.94. The molecular formula is C12H18N2O3S. The number of sulfonamides is 1. The van der Waals surface area contributed by atoms with Crippen molar-refractivity contribution < 1.29 is 13.5 Å². The Labute approximate surface area is 107 Å². The summed E-state index contributed by atoms with van der Waals surface area (Å²) in [5.74, 6) is -0.0522. The normalized spacial score (nSPS) is 25.4. The number of rotatable bonds is 3. The second kappa shape index (κ2) is 4.53. The van der Waals surface area contributed by atoms with E-state index in [1.807, 2.05) is 0 Å². The second-order valence-corrected chi connectivity index (χ2v) is 7.05. The minimum Gasteiger partial charge on any atom is -0.399 e. The molecular weight excluding hydrogens is 252 g/mol. The fraction of sp³-hybridized carbons (Fsp3) is 0.500. The SMILES string of the molecule is CC1(O)CCN(S(=O)(=O)Cc2ccc(N)cc2)C1. The summed E-state index contributed by atoms with van der Waals surface area (Å²) in [6.45, 7) is 2.21. The Bertz CT molecular complexity index is 523. The molecule has 0 aromatic heterocycles. The van der Waals surface area contributed by atoms with E-state index in [0.29, 0.717) is 24.2 Å². The number of nitrogen functional groups attached to an aromatic ring is 1. The van der Waals surface area contributed by atoms with Crippen LogP contribution < -0.4 is 5.73 Å². The van der Waals surface area contributed by atoms with Crippen LogP contribution in [0.1, 0.15) is 18.9 Å². The molecule has 1 heterocycles. The van der Waals surface area contributed by atoms with Crippen LogP contribution in [-0.2, 0) is 15.8 Å². The number of aliphatic hydroxyl groups is 1. The summed E-state index contributed by atoms with van der Waals surface area (Å²) in [5.41, 5.74) is 5.96. The maximum absolute atomic E-state index is 12.2. The fourth-order valence-electron chi connectivity index (χ4n) is 2.06. The summed E-state index contributed by atoms with van der Waals surface area (Å²) in [6.07, 6.45) is 0.480. The van der Waals surface area contributed by atoms with Gasteiger partial charge in [0.2, 0.25) is 10.0 Å². The van der Waals surface area contributed by atoms with E-state index in [-0.39, 0.29) is 12.3 Å². The zero-order chi connectivity index (χ0) is 13.4. The molecule has 1 fully saturated rings. The van der Waals surface area contributed by atoms with E-state index < -0.39 is 15.6 Å². The van der Waals surface area contributed by atoms with Gasteiger partial charge in [0.05, 0.1) is 11.4 Å². The van der Waals surface area contributed by atoms with Crippen molar-refractivity contribution in [1.82, 2.24) is 4.31 Å². The van der Waals surface area contributed by atoms with Gasteiger partial charge in [-0.3, -0.25) is 0 Å². The highest BCUT2D eigenvalue weighted by Gasteiger charge is 2.37. The Morgan fingerprint density at radius 2 is 2.00 bits per heavy atom. The monoisotopic (exact) mass is 270 g/mol. The van der Waals surface area contributed by atoms with Crippen molar-refractivity contribution in [2.75, 3.05) is 18.8 Å². The van der Waals surface area contributed by atoms with Gasteiger partial charge >= 0.3 is 0 Å². The molecule has 0 amide bonds. The molecule has 1 aliphatic heterocycles. The number of hydrogen-bond donors (Lipinski definition) is 2. The second-order valence-electron chi connectivity index (χ2n) is 5.08. The van der Waals surface area contributed by atoms with Gasteiger partial charge < -0.3 is 10.8 Å². The molecule has 1 atom stereocenters. The minimum atomic E-state index is -3.36. The molecule has 3 N–H and O–H groups in total. The molecule has 5 nitrogen and oxygen atoms in total. The van der Waals surface area contributed by atoms with Crippen LogP contribution in [0.4, 0.5) is 5.69 Å². The van der Waals surface area contributed by atoms with E-state index >= 15 is 0 Å². The number of nitrogens with zero attached hydrogens (tertiary/aromatic N) is 1. The zero-order valence-corrected chi connectivity index (χ0v) is 11.2. The lowest BCUT2D eigenvalue weighted by Gasteiger charge is -2.18. The van der Waals surface area contributed by atoms with Crippen LogP contribution in [0.25, 0.3) is 0 Å². The average Bonchev–Trinajstić information content (AvgIpc) is 2.63. The fourth-order valence-corrected chi connectivity index (χ4v) is 3.70. The van der Waals surface area contributed by atoms with E-state index in [1.165, 1.54) is 4.31 Å². The lowest BCUT2D eigenvalue weighted by molar-refractivity contribution is 0.0762. The molecule has 1 saturated heterocycles. The van der Waals surface area contributed by atoms with Crippen LogP contribution in [0, 0.1) is 0 Å². The Kier molecular flexibility index (Phi) is 3.35. The lowest BCUT2D eigenvalue weighted by Crippen LogP contribution is -2.34. The van der Waals surface area contributed by atoms with Crippen LogP contribution >= 0.6 is 0 Å². The molecule has 1 aromatic carbocycles. The number of anilines is 1. The first-order chi connectivity index (χ1) is 8.28. The Balaban J connectivity index is 2.11. The standard InChI is InChI=1S/C12H18N2O3S/c1-12(15)6-7-14(9-12)18(16,17)8-10-2-4-11(13)5-3-10/h2-5,15H,6-9,13H2,1H3. The summed E-state index contributed by atoms with van der Waals surface area (Å²) in [6, 6.07) is 6.79. The molecule has 2 rings (SSSR count). The molecule has 100 valence electrons. The molecule has 18 heavy (non-hydrogen) atoms. The molecule has 0 bridgehead atoms. The van der Waals surface area contributed by atoms with Gasteiger partial charge in [0.1, 0.15) is 0 Å². The first kappa shape index (κ1) is 13.3. The topological polar surface area (TPSA) is 83.6 Å². The predicted octanol–water partition coefficient (Wildman–Crippen LogP) is 0.555. The first-order valence-corrected chi connectivity index (χ1v) is 7.44. The van der Waals surface area contributed by atoms with E-state index in [1.54, 1.807) is 31.2 Å². The maximum atomic E-state index is 12.2. The van der Waals surface area contributed by atoms with Gasteiger partial charge in [-0.25, -0.2) is 8.42 Å². The van der Waals surface area contributed by atoms with Crippen LogP contribution in [0.3, 0.4) is 0 Å². The van der Waals surface area contributed by atoms with Crippen molar-refractivity contribution in [3.8, 4) is 0 Å². The molecule has 0 saturated carbocycles. The van der Waals surface area contributed by atoms with Crippen LogP contribution in [-0.4, -0.2) is 36.5 Å². The van der Waals surface area contributed by atoms with Gasteiger partial charge in [0.25, 0.3) is 0 Å². The van der Waals surface area contributed by atoms with Crippen molar-refractivity contribution in [1.29, 1.82) is 0 Å². The van der Waals surface area contributed by atoms with Crippen molar-refractivity contribution in [2.45, 2.75) is 24.7 Å². The van der Waals surface area contributed by atoms with Gasteiger partial charge in [0, 0.05) is 18.8 Å². The number of β-amino-alcohol motifs (C(OH)–C–C–N with tert-alkyl or cyclic N) is 1. The highest BCUT2D eigenvalue weighted by Crippen LogP contribution is 2.24. The summed E-state index contributed by atoms with van der Waals surface area (Å²) in [4.78, 5) is 0. The van der Waals surface area contributed by atoms with Gasteiger partial charge in [-0.2, -0.15) is 4.31 Å². The Morgan fingerprint density at radius 1 is 1.39 bits per heavy atom. The maximum Gasteiger partial charge on any atom is 0.218 e. The largest absolute Gasteiger partial charge is 0.399 e. The third-order valence-electron chi connectivity index (χ3n) is 3.14. The quantitative estimate of drug-likeness (QED) is 0.786. The average molecular weight is 270 g/mol. The Hall–Kier alpha value is -1.11. The summed E-state index contributed by atoms with van der Waals surface area (Å²) < 4.78 is 25.7. The van der Waals surface area contributed by atoms with Gasteiger partial charge in [-0.05, 0) is 31.0 Å². The molecule has 1 aromatic rings. The van der Waals surface area contributed by atoms with Crippen molar-refractivity contribution >= 4 is 15.7 Å². The summed E-state index contributed by atoms with van der Waals surface area (Å²) >= 11 is 0. The first-order valence-electron chi connectivity index (χ1n) is 5.83. The van der Waals surface area contributed by atoms with Crippen molar-refractivity contribution in [2.24, 2.45) is 0 Å². The lowest BCUT2D eigenvalue weighted by atomic mass is 10.1. The molecule has 0 spiro atoms. The molecule has 0 radical (unpaired) electrons. The molecule has 1 aliphatic rings. The van der Waals surface area contributed by atoms with Crippen LogP contribution in [0.5, 0.6) is 0 Å². The zero-order valence-electron chi connectivity index (χ0n) is 10.3. The summed E-state index contributed by atoms with van der Waals surface area (Å²) in [7, 11) is -3.36. The van der Waals surface area contributed by atoms with E-state index in [4.69, 9.17) is 5.73 Å². The molecule has 6 heteroatoms. The molecule has 1 unspecified atom stereocenters. The third kappa shape index (κ3) is 3.01. The minimum absolute atomic E-state index is 0.0522. The Morgan fingerprint density at radius 3 is 2.50 bits per heavy atom. The number of nitrogens with two attached hydrogens (primary N) is 1. The summed E-state index contributed by atoms with van der Waals surface area (Å²) in [5, 5.41) is 9.81. The van der Waals surface area contributed by atoms with Crippen LogP contribution in [0.15, 0.2) is 24.3 Å². The van der Waals surface area contributed by atoms with Gasteiger partial charge in [-0.15, -0.1) is 0 Å². The van der Waals surface area contributed by atoms with Crippen molar-refractivity contribution in [3.05, 3.63) is 29.8 Å². The van der Waals surface area contributed by atoms with Gasteiger partial charge in [-0.1, -0.05) is 12.1 Å². The van der Waals surface area contributed by atoms with E-state index in [2.05, 4.69) is 0 Å². The van der Waals surface area contributed by atoms with Gasteiger partial charge in [0.15, 0.2) is 0 Å². The van der Waals surface area contributed by atoms with E-state index in [9.17, 15) is 13.5 Å². The highest BCUT2D eigenvalue weighted by molar-refractivity contribution is 7.88. The number of hydrogen-bond acceptors (Lipinski definition) is 4.